The zero-order valence-electron chi connectivity index (χ0n) is 18.9. The number of fused-ring (bicyclic) bond motifs is 1. The van der Waals surface area contributed by atoms with Gasteiger partial charge in [0.25, 0.3) is 0 Å². The minimum atomic E-state index is 0.603. The van der Waals surface area contributed by atoms with E-state index in [-0.39, 0.29) is 0 Å². The number of aromatic nitrogens is 2. The van der Waals surface area contributed by atoms with Crippen molar-refractivity contribution in [3.05, 3.63) is 90.4 Å². The fourth-order valence-electron chi connectivity index (χ4n) is 4.29. The highest BCUT2D eigenvalue weighted by Crippen LogP contribution is 2.39. The molecule has 6 nitrogen and oxygen atoms in total. The third-order valence-corrected chi connectivity index (χ3v) is 5.92. The molecule has 5 rings (SSSR count). The Morgan fingerprint density at radius 2 is 1.88 bits per heavy atom. The summed E-state index contributed by atoms with van der Waals surface area (Å²) in [7, 11) is 3.37. The number of pyridine rings is 1. The molecule has 4 aromatic rings. The van der Waals surface area contributed by atoms with Gasteiger partial charge in [-0.05, 0) is 59.7 Å². The monoisotopic (exact) mass is 441 g/mol. The van der Waals surface area contributed by atoms with Gasteiger partial charge in [0.2, 0.25) is 0 Å². The van der Waals surface area contributed by atoms with Gasteiger partial charge in [-0.25, -0.2) is 4.98 Å². The van der Waals surface area contributed by atoms with Crippen LogP contribution in [0.5, 0.6) is 17.2 Å². The molecule has 0 saturated heterocycles. The van der Waals surface area contributed by atoms with Crippen LogP contribution >= 0.6 is 0 Å². The van der Waals surface area contributed by atoms with Crippen LogP contribution in [0.25, 0.3) is 16.9 Å². The zero-order valence-corrected chi connectivity index (χ0v) is 18.9. The molecule has 0 fully saturated rings. The van der Waals surface area contributed by atoms with Crippen molar-refractivity contribution in [1.82, 2.24) is 14.5 Å². The molecule has 0 bridgehead atoms. The van der Waals surface area contributed by atoms with E-state index in [1.54, 1.807) is 14.2 Å². The first-order valence-electron chi connectivity index (χ1n) is 11.0. The van der Waals surface area contributed by atoms with Gasteiger partial charge in [-0.1, -0.05) is 18.2 Å². The summed E-state index contributed by atoms with van der Waals surface area (Å²) in [6.07, 6.45) is 3.88. The normalized spacial score (nSPS) is 13.6. The fraction of sp³-hybridized carbons (Fsp3) is 0.222. The summed E-state index contributed by atoms with van der Waals surface area (Å²) >= 11 is 0. The molecular weight excluding hydrogens is 414 g/mol. The first-order valence-corrected chi connectivity index (χ1v) is 11.0. The summed E-state index contributed by atoms with van der Waals surface area (Å²) in [4.78, 5) is 6.90. The van der Waals surface area contributed by atoms with E-state index >= 15 is 0 Å². The Morgan fingerprint density at radius 1 is 0.939 bits per heavy atom. The van der Waals surface area contributed by atoms with Crippen molar-refractivity contribution in [1.29, 1.82) is 0 Å². The second-order valence-electron chi connectivity index (χ2n) is 8.02. The van der Waals surface area contributed by atoms with Gasteiger partial charge in [0.05, 0.1) is 14.2 Å². The van der Waals surface area contributed by atoms with Crippen LogP contribution in [0.4, 0.5) is 0 Å². The summed E-state index contributed by atoms with van der Waals surface area (Å²) < 4.78 is 19.4. The SMILES string of the molecule is COc1cccc(-c2cc3c(c(OC)c2)OCCN(Cc2cccn2-c2ccccn2)C3)c1. The van der Waals surface area contributed by atoms with Crippen molar-refractivity contribution >= 4 is 0 Å². The first kappa shape index (κ1) is 21.1. The van der Waals surface area contributed by atoms with Crippen LogP contribution in [0, 0.1) is 0 Å². The van der Waals surface area contributed by atoms with Gasteiger partial charge in [-0.15, -0.1) is 0 Å². The quantitative estimate of drug-likeness (QED) is 0.424. The van der Waals surface area contributed by atoms with Crippen LogP contribution < -0.4 is 14.2 Å². The maximum Gasteiger partial charge on any atom is 0.165 e. The molecule has 0 atom stereocenters. The van der Waals surface area contributed by atoms with Crippen LogP contribution in [0.2, 0.25) is 0 Å². The van der Waals surface area contributed by atoms with Crippen molar-refractivity contribution in [2.75, 3.05) is 27.4 Å². The van der Waals surface area contributed by atoms with Gasteiger partial charge in [0, 0.05) is 43.3 Å². The lowest BCUT2D eigenvalue weighted by Crippen LogP contribution is -2.26. The van der Waals surface area contributed by atoms with Gasteiger partial charge in [-0.3, -0.25) is 4.90 Å². The Balaban J connectivity index is 1.45. The van der Waals surface area contributed by atoms with Crippen LogP contribution in [-0.4, -0.2) is 41.8 Å². The molecule has 2 aromatic carbocycles. The highest BCUT2D eigenvalue weighted by molar-refractivity contribution is 5.70. The van der Waals surface area contributed by atoms with Gasteiger partial charge >= 0.3 is 0 Å². The van der Waals surface area contributed by atoms with E-state index in [0.717, 1.165) is 59.4 Å². The summed E-state index contributed by atoms with van der Waals surface area (Å²) in [5.41, 5.74) is 4.45. The Morgan fingerprint density at radius 3 is 2.70 bits per heavy atom. The lowest BCUT2D eigenvalue weighted by Gasteiger charge is -2.21. The molecule has 168 valence electrons. The number of hydrogen-bond donors (Lipinski definition) is 0. The number of ether oxygens (including phenoxy) is 3. The predicted octanol–water partition coefficient (Wildman–Crippen LogP) is 4.95. The number of hydrogen-bond acceptors (Lipinski definition) is 5. The molecule has 6 heteroatoms. The molecule has 1 aliphatic heterocycles. The summed E-state index contributed by atoms with van der Waals surface area (Å²) in [6, 6.07) is 22.5. The molecule has 0 spiro atoms. The van der Waals surface area contributed by atoms with Crippen molar-refractivity contribution in [2.45, 2.75) is 13.1 Å². The molecule has 33 heavy (non-hydrogen) atoms. The maximum atomic E-state index is 6.16. The van der Waals surface area contributed by atoms with Crippen molar-refractivity contribution < 1.29 is 14.2 Å². The van der Waals surface area contributed by atoms with Crippen LogP contribution in [0.1, 0.15) is 11.3 Å². The predicted molar refractivity (Wildman–Crippen MR) is 128 cm³/mol. The minimum Gasteiger partial charge on any atom is -0.497 e. The van der Waals surface area contributed by atoms with E-state index in [2.05, 4.69) is 44.9 Å². The first-order chi connectivity index (χ1) is 16.2. The highest BCUT2D eigenvalue weighted by Gasteiger charge is 2.21. The number of methoxy groups -OCH3 is 2. The Hall–Kier alpha value is -3.77. The molecular formula is C27H27N3O3. The van der Waals surface area contributed by atoms with E-state index in [0.29, 0.717) is 6.61 Å². The fourth-order valence-corrected chi connectivity index (χ4v) is 4.29. The van der Waals surface area contributed by atoms with Gasteiger partial charge < -0.3 is 18.8 Å². The van der Waals surface area contributed by atoms with Gasteiger partial charge in [0.1, 0.15) is 18.2 Å². The number of benzene rings is 2. The third-order valence-electron chi connectivity index (χ3n) is 5.92. The number of nitrogens with zero attached hydrogens (tertiary/aromatic N) is 3. The maximum absolute atomic E-state index is 6.16. The Bertz CT molecular complexity index is 1240. The third kappa shape index (κ3) is 4.43. The zero-order chi connectivity index (χ0) is 22.6. The van der Waals surface area contributed by atoms with Crippen molar-refractivity contribution in [3.8, 4) is 34.2 Å². The molecule has 1 aliphatic rings. The molecule has 3 heterocycles. The number of rotatable bonds is 6. The highest BCUT2D eigenvalue weighted by atomic mass is 16.5. The lowest BCUT2D eigenvalue weighted by atomic mass is 10.0. The largest absolute Gasteiger partial charge is 0.497 e. The Labute approximate surface area is 194 Å². The molecule has 0 N–H and O–H groups in total. The van der Waals surface area contributed by atoms with E-state index in [9.17, 15) is 0 Å². The molecule has 0 unspecified atom stereocenters. The molecule has 0 saturated carbocycles. The van der Waals surface area contributed by atoms with Gasteiger partial charge in [-0.2, -0.15) is 0 Å². The minimum absolute atomic E-state index is 0.603. The summed E-state index contributed by atoms with van der Waals surface area (Å²) in [5, 5.41) is 0. The Kier molecular flexibility index (Phi) is 6.00. The molecule has 2 aromatic heterocycles. The molecule has 0 amide bonds. The molecule has 0 aliphatic carbocycles. The van der Waals surface area contributed by atoms with Gasteiger partial charge in [0.15, 0.2) is 11.5 Å². The summed E-state index contributed by atoms with van der Waals surface area (Å²) in [6.45, 7) is 2.97. The van der Waals surface area contributed by atoms with E-state index < -0.39 is 0 Å². The lowest BCUT2D eigenvalue weighted by molar-refractivity contribution is 0.214. The second-order valence-corrected chi connectivity index (χ2v) is 8.02. The van der Waals surface area contributed by atoms with Crippen molar-refractivity contribution in [2.24, 2.45) is 0 Å². The second kappa shape index (κ2) is 9.38. The standard InChI is InChI=1S/C27H27N3O3/c1-31-24-9-5-7-20(16-24)21-15-22-18-29(13-14-33-27(22)25(17-21)32-2)19-23-8-6-12-30(23)26-10-3-4-11-28-26/h3-12,15-17H,13-14,18-19H2,1-2H3. The van der Waals surface area contributed by atoms with Crippen LogP contribution in [-0.2, 0) is 13.1 Å². The average Bonchev–Trinajstić information content (AvgIpc) is 3.23. The average molecular weight is 442 g/mol. The van der Waals surface area contributed by atoms with E-state index in [1.165, 1.54) is 5.69 Å². The summed E-state index contributed by atoms with van der Waals surface area (Å²) in [5.74, 6) is 3.33. The van der Waals surface area contributed by atoms with E-state index in [1.807, 2.05) is 48.7 Å². The van der Waals surface area contributed by atoms with Crippen LogP contribution in [0.3, 0.4) is 0 Å². The topological polar surface area (TPSA) is 48.8 Å². The molecule has 0 radical (unpaired) electrons. The van der Waals surface area contributed by atoms with Crippen LogP contribution in [0.15, 0.2) is 79.1 Å². The smallest absolute Gasteiger partial charge is 0.165 e. The van der Waals surface area contributed by atoms with E-state index in [4.69, 9.17) is 14.2 Å². The van der Waals surface area contributed by atoms with Crippen molar-refractivity contribution in [3.63, 3.8) is 0 Å².